The molecule has 0 bridgehead atoms. The molecule has 5 heteroatoms. The third kappa shape index (κ3) is 2.52. The van der Waals surface area contributed by atoms with Crippen LogP contribution in [-0.4, -0.2) is 29.1 Å². The van der Waals surface area contributed by atoms with Crippen LogP contribution >= 0.6 is 15.9 Å². The molecule has 0 aromatic carbocycles. The van der Waals surface area contributed by atoms with Crippen molar-refractivity contribution in [3.8, 4) is 0 Å². The fourth-order valence-electron chi connectivity index (χ4n) is 1.92. The number of hydrogen-bond acceptors (Lipinski definition) is 3. The molecular formula is C11H13BrN2O2. The zero-order chi connectivity index (χ0) is 11.5. The van der Waals surface area contributed by atoms with Crippen LogP contribution in [0.4, 0.5) is 5.82 Å². The second kappa shape index (κ2) is 4.82. The quantitative estimate of drug-likeness (QED) is 0.904. The molecule has 0 atom stereocenters. The topological polar surface area (TPSA) is 53.4 Å². The van der Waals surface area contributed by atoms with E-state index in [0.29, 0.717) is 12.8 Å². The van der Waals surface area contributed by atoms with Gasteiger partial charge in [-0.05, 0) is 25.0 Å². The van der Waals surface area contributed by atoms with Gasteiger partial charge in [-0.2, -0.15) is 0 Å². The van der Waals surface area contributed by atoms with Gasteiger partial charge in [0.1, 0.15) is 5.82 Å². The van der Waals surface area contributed by atoms with Gasteiger partial charge in [0.2, 0.25) is 0 Å². The van der Waals surface area contributed by atoms with Crippen molar-refractivity contribution in [2.24, 2.45) is 5.92 Å². The lowest BCUT2D eigenvalue weighted by Crippen LogP contribution is -2.36. The molecule has 0 unspecified atom stereocenters. The van der Waals surface area contributed by atoms with E-state index in [-0.39, 0.29) is 5.92 Å². The summed E-state index contributed by atoms with van der Waals surface area (Å²) >= 11 is 3.40. The number of rotatable bonds is 2. The average molecular weight is 285 g/mol. The minimum atomic E-state index is -0.679. The van der Waals surface area contributed by atoms with Crippen molar-refractivity contribution < 1.29 is 9.90 Å². The predicted molar refractivity (Wildman–Crippen MR) is 64.5 cm³/mol. The van der Waals surface area contributed by atoms with Gasteiger partial charge in [-0.1, -0.05) is 15.9 Å². The van der Waals surface area contributed by atoms with Crippen molar-refractivity contribution in [2.45, 2.75) is 12.8 Å². The molecule has 0 saturated carbocycles. The number of aliphatic carboxylic acids is 1. The van der Waals surface area contributed by atoms with E-state index in [9.17, 15) is 4.79 Å². The molecule has 0 spiro atoms. The van der Waals surface area contributed by atoms with Gasteiger partial charge in [0, 0.05) is 23.8 Å². The SMILES string of the molecule is O=C(O)C1CCN(c2cc(Br)ccn2)CC1. The van der Waals surface area contributed by atoms with Gasteiger partial charge in [-0.15, -0.1) is 0 Å². The summed E-state index contributed by atoms with van der Waals surface area (Å²) < 4.78 is 0.998. The lowest BCUT2D eigenvalue weighted by Gasteiger charge is -2.30. The average Bonchev–Trinajstić information content (AvgIpc) is 2.29. The van der Waals surface area contributed by atoms with Crippen LogP contribution < -0.4 is 4.90 Å². The van der Waals surface area contributed by atoms with E-state index >= 15 is 0 Å². The van der Waals surface area contributed by atoms with Crippen molar-refractivity contribution in [1.82, 2.24) is 4.98 Å². The van der Waals surface area contributed by atoms with E-state index in [1.165, 1.54) is 0 Å². The highest BCUT2D eigenvalue weighted by atomic mass is 79.9. The Morgan fingerprint density at radius 3 is 2.75 bits per heavy atom. The largest absolute Gasteiger partial charge is 0.481 e. The monoisotopic (exact) mass is 284 g/mol. The first kappa shape index (κ1) is 11.4. The van der Waals surface area contributed by atoms with Crippen molar-refractivity contribution in [3.63, 3.8) is 0 Å². The lowest BCUT2D eigenvalue weighted by molar-refractivity contribution is -0.142. The molecule has 16 heavy (non-hydrogen) atoms. The molecule has 1 aromatic heterocycles. The summed E-state index contributed by atoms with van der Waals surface area (Å²) in [6, 6.07) is 3.84. The summed E-state index contributed by atoms with van der Waals surface area (Å²) in [5.74, 6) is 0.0449. The molecule has 0 radical (unpaired) electrons. The van der Waals surface area contributed by atoms with E-state index < -0.39 is 5.97 Å². The van der Waals surface area contributed by atoms with Crippen molar-refractivity contribution in [3.05, 3.63) is 22.8 Å². The van der Waals surface area contributed by atoms with Gasteiger partial charge in [0.05, 0.1) is 5.92 Å². The Labute approximate surface area is 102 Å². The molecule has 1 saturated heterocycles. The Bertz CT molecular complexity index is 389. The van der Waals surface area contributed by atoms with E-state index in [0.717, 1.165) is 23.4 Å². The summed E-state index contributed by atoms with van der Waals surface area (Å²) in [6.07, 6.45) is 3.15. The van der Waals surface area contributed by atoms with Gasteiger partial charge in [-0.25, -0.2) is 4.98 Å². The number of anilines is 1. The van der Waals surface area contributed by atoms with E-state index in [4.69, 9.17) is 5.11 Å². The number of pyridine rings is 1. The zero-order valence-corrected chi connectivity index (χ0v) is 10.4. The first-order valence-corrected chi connectivity index (χ1v) is 6.05. The molecule has 0 amide bonds. The number of hydrogen-bond donors (Lipinski definition) is 1. The summed E-state index contributed by atoms with van der Waals surface area (Å²) in [5, 5.41) is 8.90. The molecular weight excluding hydrogens is 272 g/mol. The summed E-state index contributed by atoms with van der Waals surface area (Å²) in [7, 11) is 0. The highest BCUT2D eigenvalue weighted by molar-refractivity contribution is 9.10. The summed E-state index contributed by atoms with van der Waals surface area (Å²) in [5.41, 5.74) is 0. The molecule has 1 aliphatic heterocycles. The summed E-state index contributed by atoms with van der Waals surface area (Å²) in [6.45, 7) is 1.53. The molecule has 1 aromatic rings. The van der Waals surface area contributed by atoms with Crippen LogP contribution in [-0.2, 0) is 4.79 Å². The number of aromatic nitrogens is 1. The van der Waals surface area contributed by atoms with Crippen LogP contribution in [0.5, 0.6) is 0 Å². The van der Waals surface area contributed by atoms with Crippen molar-refractivity contribution >= 4 is 27.7 Å². The maximum Gasteiger partial charge on any atom is 0.306 e. The number of piperidine rings is 1. The Morgan fingerprint density at radius 1 is 1.50 bits per heavy atom. The van der Waals surface area contributed by atoms with Crippen LogP contribution in [0, 0.1) is 5.92 Å². The number of carbonyl (C=O) groups is 1. The van der Waals surface area contributed by atoms with Crippen LogP contribution in [0.25, 0.3) is 0 Å². The molecule has 1 aliphatic rings. The smallest absolute Gasteiger partial charge is 0.306 e. The molecule has 86 valence electrons. The maximum absolute atomic E-state index is 10.8. The Morgan fingerprint density at radius 2 is 2.19 bits per heavy atom. The summed E-state index contributed by atoms with van der Waals surface area (Å²) in [4.78, 5) is 17.2. The van der Waals surface area contributed by atoms with Gasteiger partial charge in [-0.3, -0.25) is 4.79 Å². The Hall–Kier alpha value is -1.10. The predicted octanol–water partition coefficient (Wildman–Crippen LogP) is 2.15. The van der Waals surface area contributed by atoms with E-state index in [2.05, 4.69) is 25.8 Å². The molecule has 1 fully saturated rings. The first-order chi connectivity index (χ1) is 7.66. The minimum absolute atomic E-state index is 0.191. The number of nitrogens with zero attached hydrogens (tertiary/aromatic N) is 2. The maximum atomic E-state index is 10.8. The minimum Gasteiger partial charge on any atom is -0.481 e. The number of carboxylic acids is 1. The highest BCUT2D eigenvalue weighted by Gasteiger charge is 2.24. The lowest BCUT2D eigenvalue weighted by atomic mass is 9.97. The van der Waals surface area contributed by atoms with Crippen LogP contribution in [0.2, 0.25) is 0 Å². The van der Waals surface area contributed by atoms with Gasteiger partial charge >= 0.3 is 5.97 Å². The molecule has 1 N–H and O–H groups in total. The van der Waals surface area contributed by atoms with Crippen LogP contribution in [0.3, 0.4) is 0 Å². The second-order valence-electron chi connectivity index (χ2n) is 3.93. The van der Waals surface area contributed by atoms with E-state index in [1.54, 1.807) is 6.20 Å². The van der Waals surface area contributed by atoms with Crippen LogP contribution in [0.15, 0.2) is 22.8 Å². The van der Waals surface area contributed by atoms with Crippen LogP contribution in [0.1, 0.15) is 12.8 Å². The standard InChI is InChI=1S/C11H13BrN2O2/c12-9-1-4-13-10(7-9)14-5-2-8(3-6-14)11(15)16/h1,4,7-8H,2-3,5-6H2,(H,15,16). The third-order valence-corrected chi connectivity index (χ3v) is 3.37. The molecule has 2 rings (SSSR count). The Balaban J connectivity index is 2.01. The number of carboxylic acid groups (broad SMARTS) is 1. The Kier molecular flexibility index (Phi) is 3.43. The van der Waals surface area contributed by atoms with Gasteiger partial charge in [0.15, 0.2) is 0 Å². The second-order valence-corrected chi connectivity index (χ2v) is 4.85. The third-order valence-electron chi connectivity index (χ3n) is 2.88. The van der Waals surface area contributed by atoms with Crippen molar-refractivity contribution in [1.29, 1.82) is 0 Å². The highest BCUT2D eigenvalue weighted by Crippen LogP contribution is 2.23. The fourth-order valence-corrected chi connectivity index (χ4v) is 2.24. The molecule has 2 heterocycles. The van der Waals surface area contributed by atoms with Crippen molar-refractivity contribution in [2.75, 3.05) is 18.0 Å². The van der Waals surface area contributed by atoms with Gasteiger partial charge < -0.3 is 10.0 Å². The zero-order valence-electron chi connectivity index (χ0n) is 8.77. The molecule has 0 aliphatic carbocycles. The fraction of sp³-hybridized carbons (Fsp3) is 0.455. The number of halogens is 1. The first-order valence-electron chi connectivity index (χ1n) is 5.26. The van der Waals surface area contributed by atoms with E-state index in [1.807, 2.05) is 12.1 Å². The normalized spacial score (nSPS) is 17.4. The molecule has 4 nitrogen and oxygen atoms in total. The van der Waals surface area contributed by atoms with Gasteiger partial charge in [0.25, 0.3) is 0 Å².